The Morgan fingerprint density at radius 1 is 1.20 bits per heavy atom. The lowest BCUT2D eigenvalue weighted by Gasteiger charge is -2.40. The van der Waals surface area contributed by atoms with Crippen LogP contribution in [0.3, 0.4) is 0 Å². The smallest absolute Gasteiger partial charge is 0.410 e. The lowest BCUT2D eigenvalue weighted by molar-refractivity contribution is -0.141. The first-order chi connectivity index (χ1) is 12.1. The number of rotatable bonds is 5. The van der Waals surface area contributed by atoms with E-state index in [2.05, 4.69) is 0 Å². The van der Waals surface area contributed by atoms with Crippen molar-refractivity contribution < 1.29 is 19.1 Å². The van der Waals surface area contributed by atoms with Gasteiger partial charge in [0, 0.05) is 18.1 Å². The van der Waals surface area contributed by atoms with Crippen LogP contribution in [0.25, 0.3) is 0 Å². The zero-order valence-electron chi connectivity index (χ0n) is 14.6. The third kappa shape index (κ3) is 4.12. The molecule has 0 radical (unpaired) electrons. The molecule has 136 valence electrons. The van der Waals surface area contributed by atoms with Crippen LogP contribution < -0.4 is 5.73 Å². The maximum absolute atomic E-state index is 12.5. The van der Waals surface area contributed by atoms with Crippen molar-refractivity contribution in [2.24, 2.45) is 11.7 Å². The van der Waals surface area contributed by atoms with E-state index in [1.54, 1.807) is 0 Å². The Kier molecular flexibility index (Phi) is 5.58. The molecule has 25 heavy (non-hydrogen) atoms. The number of ether oxygens (including phenoxy) is 2. The number of amides is 1. The van der Waals surface area contributed by atoms with Gasteiger partial charge in [-0.05, 0) is 37.2 Å². The van der Waals surface area contributed by atoms with E-state index >= 15 is 0 Å². The van der Waals surface area contributed by atoms with Gasteiger partial charge in [-0.3, -0.25) is 4.79 Å². The molecule has 3 atom stereocenters. The zero-order chi connectivity index (χ0) is 17.8. The van der Waals surface area contributed by atoms with E-state index in [1.807, 2.05) is 35.2 Å². The molecular formula is C19H26N2O4. The summed E-state index contributed by atoms with van der Waals surface area (Å²) >= 11 is 0. The fraction of sp³-hybridized carbons (Fsp3) is 0.579. The second-order valence-electron chi connectivity index (χ2n) is 7.01. The summed E-state index contributed by atoms with van der Waals surface area (Å²) in [5.41, 5.74) is 7.18. The summed E-state index contributed by atoms with van der Waals surface area (Å²) in [6, 6.07) is 9.81. The van der Waals surface area contributed by atoms with Gasteiger partial charge in [0.05, 0.1) is 13.5 Å². The Bertz CT molecular complexity index is 593. The largest absolute Gasteiger partial charge is 0.469 e. The molecule has 2 N–H and O–H groups in total. The first-order valence-corrected chi connectivity index (χ1v) is 8.90. The Morgan fingerprint density at radius 3 is 2.44 bits per heavy atom. The molecule has 2 fully saturated rings. The lowest BCUT2D eigenvalue weighted by atomic mass is 9.84. The van der Waals surface area contributed by atoms with Gasteiger partial charge >= 0.3 is 12.1 Å². The zero-order valence-corrected chi connectivity index (χ0v) is 14.6. The van der Waals surface area contributed by atoms with Crippen LogP contribution in [-0.4, -0.2) is 42.2 Å². The second-order valence-corrected chi connectivity index (χ2v) is 7.01. The van der Waals surface area contributed by atoms with E-state index < -0.39 is 0 Å². The van der Waals surface area contributed by atoms with Gasteiger partial charge in [0.25, 0.3) is 0 Å². The van der Waals surface area contributed by atoms with E-state index in [0.717, 1.165) is 31.2 Å². The highest BCUT2D eigenvalue weighted by Crippen LogP contribution is 2.40. The monoisotopic (exact) mass is 346 g/mol. The Hall–Kier alpha value is -2.08. The van der Waals surface area contributed by atoms with Crippen molar-refractivity contribution in [1.29, 1.82) is 0 Å². The third-order valence-corrected chi connectivity index (χ3v) is 5.42. The molecule has 2 aliphatic heterocycles. The van der Waals surface area contributed by atoms with E-state index in [4.69, 9.17) is 15.2 Å². The average molecular weight is 346 g/mol. The van der Waals surface area contributed by atoms with Gasteiger partial charge in [0.2, 0.25) is 0 Å². The number of benzene rings is 1. The van der Waals surface area contributed by atoms with Crippen LogP contribution in [0.5, 0.6) is 0 Å². The standard InChI is InChI=1S/C19H26N2O4/c1-24-18(22)11-17(20)14-9-15-7-8-16(10-14)21(15)19(23)25-12-13-5-3-2-4-6-13/h2-6,14-17H,7-12,20H2,1H3/t14?,15?,16?,17-/m1/s1. The summed E-state index contributed by atoms with van der Waals surface area (Å²) in [5.74, 6) is -0.0284. The van der Waals surface area contributed by atoms with Crippen LogP contribution in [0.15, 0.2) is 30.3 Å². The summed E-state index contributed by atoms with van der Waals surface area (Å²) in [6.45, 7) is 0.293. The van der Waals surface area contributed by atoms with Crippen molar-refractivity contribution in [3.05, 3.63) is 35.9 Å². The van der Waals surface area contributed by atoms with Gasteiger partial charge < -0.3 is 20.1 Å². The normalized spacial score (nSPS) is 26.2. The number of carbonyl (C=O) groups is 2. The third-order valence-electron chi connectivity index (χ3n) is 5.42. The topological polar surface area (TPSA) is 81.9 Å². The first kappa shape index (κ1) is 17.7. The number of esters is 1. The maximum atomic E-state index is 12.5. The molecule has 0 aliphatic carbocycles. The van der Waals surface area contributed by atoms with Crippen molar-refractivity contribution in [2.75, 3.05) is 7.11 Å². The molecule has 1 aromatic carbocycles. The predicted molar refractivity (Wildman–Crippen MR) is 92.6 cm³/mol. The average Bonchev–Trinajstić information content (AvgIpc) is 2.90. The minimum absolute atomic E-state index is 0.163. The fourth-order valence-corrected chi connectivity index (χ4v) is 4.10. The van der Waals surface area contributed by atoms with E-state index in [1.165, 1.54) is 7.11 Å². The van der Waals surface area contributed by atoms with Gasteiger partial charge in [0.15, 0.2) is 0 Å². The molecule has 1 aromatic rings. The molecule has 3 rings (SSSR count). The van der Waals surface area contributed by atoms with Crippen LogP contribution in [0.2, 0.25) is 0 Å². The van der Waals surface area contributed by atoms with Crippen LogP contribution in [-0.2, 0) is 20.9 Å². The van der Waals surface area contributed by atoms with Crippen LogP contribution in [0, 0.1) is 5.92 Å². The Labute approximate surface area is 148 Å². The second kappa shape index (κ2) is 7.87. The molecule has 0 aromatic heterocycles. The molecule has 6 heteroatoms. The number of hydrogen-bond acceptors (Lipinski definition) is 5. The highest BCUT2D eigenvalue weighted by molar-refractivity contribution is 5.70. The number of methoxy groups -OCH3 is 1. The van der Waals surface area contributed by atoms with Gasteiger partial charge in [0.1, 0.15) is 6.61 Å². The van der Waals surface area contributed by atoms with Gasteiger partial charge in [-0.1, -0.05) is 30.3 Å². The lowest BCUT2D eigenvalue weighted by Crippen LogP contribution is -2.50. The predicted octanol–water partition coefficient (Wildman–Crippen LogP) is 2.46. The van der Waals surface area contributed by atoms with Gasteiger partial charge in [-0.2, -0.15) is 0 Å². The molecule has 0 spiro atoms. The summed E-state index contributed by atoms with van der Waals surface area (Å²) in [5, 5.41) is 0. The summed E-state index contributed by atoms with van der Waals surface area (Å²) in [7, 11) is 1.38. The quantitative estimate of drug-likeness (QED) is 0.828. The Balaban J connectivity index is 1.55. The molecule has 2 aliphatic rings. The molecule has 2 heterocycles. The van der Waals surface area contributed by atoms with Crippen molar-refractivity contribution in [1.82, 2.24) is 4.90 Å². The number of nitrogens with zero attached hydrogens (tertiary/aromatic N) is 1. The van der Waals surface area contributed by atoms with Crippen LogP contribution in [0.4, 0.5) is 4.79 Å². The molecule has 2 saturated heterocycles. The van der Waals surface area contributed by atoms with Gasteiger partial charge in [-0.25, -0.2) is 4.79 Å². The van der Waals surface area contributed by atoms with Gasteiger partial charge in [-0.15, -0.1) is 0 Å². The summed E-state index contributed by atoms with van der Waals surface area (Å²) in [4.78, 5) is 25.9. The van der Waals surface area contributed by atoms with Crippen molar-refractivity contribution in [3.8, 4) is 0 Å². The first-order valence-electron chi connectivity index (χ1n) is 8.90. The minimum atomic E-state index is -0.274. The minimum Gasteiger partial charge on any atom is -0.469 e. The molecule has 2 bridgehead atoms. The molecule has 2 unspecified atom stereocenters. The number of piperidine rings is 1. The molecule has 0 saturated carbocycles. The number of nitrogens with two attached hydrogens (primary N) is 1. The highest BCUT2D eigenvalue weighted by atomic mass is 16.6. The Morgan fingerprint density at radius 2 is 1.84 bits per heavy atom. The van der Waals surface area contributed by atoms with E-state index in [9.17, 15) is 9.59 Å². The maximum Gasteiger partial charge on any atom is 0.410 e. The number of carbonyl (C=O) groups excluding carboxylic acids is 2. The van der Waals surface area contributed by atoms with Crippen molar-refractivity contribution in [2.45, 2.75) is 56.8 Å². The van der Waals surface area contributed by atoms with E-state index in [0.29, 0.717) is 6.61 Å². The SMILES string of the molecule is COC(=O)C[C@@H](N)C1CC2CCC(C1)N2C(=O)OCc1ccccc1. The summed E-state index contributed by atoms with van der Waals surface area (Å²) < 4.78 is 10.2. The number of fused-ring (bicyclic) bond motifs is 2. The van der Waals surface area contributed by atoms with Crippen LogP contribution in [0.1, 0.15) is 37.7 Å². The summed E-state index contributed by atoms with van der Waals surface area (Å²) in [6.07, 6.45) is 3.61. The highest BCUT2D eigenvalue weighted by Gasteiger charge is 2.45. The van der Waals surface area contributed by atoms with Crippen LogP contribution >= 0.6 is 0 Å². The molecule has 6 nitrogen and oxygen atoms in total. The number of hydrogen-bond donors (Lipinski definition) is 1. The van der Waals surface area contributed by atoms with E-state index in [-0.39, 0.29) is 42.5 Å². The van der Waals surface area contributed by atoms with Crippen molar-refractivity contribution >= 4 is 12.1 Å². The molecule has 1 amide bonds. The molecular weight excluding hydrogens is 320 g/mol. The fourth-order valence-electron chi connectivity index (χ4n) is 4.10. The van der Waals surface area contributed by atoms with Crippen molar-refractivity contribution in [3.63, 3.8) is 0 Å².